The number of allylic oxidation sites excluding steroid dienone is 3. The largest absolute Gasteiger partial charge is 0.505 e. The molecule has 1 aromatic carbocycles. The van der Waals surface area contributed by atoms with Crippen LogP contribution in [0.2, 0.25) is 0 Å². The van der Waals surface area contributed by atoms with Gasteiger partial charge in [0.25, 0.3) is 0 Å². The minimum atomic E-state index is -0.0840. The highest BCUT2D eigenvalue weighted by Gasteiger charge is 2.09. The Bertz CT molecular complexity index is 763. The number of hydrogen-bond donors (Lipinski definition) is 1. The van der Waals surface area contributed by atoms with E-state index < -0.39 is 0 Å². The first kappa shape index (κ1) is 14.0. The van der Waals surface area contributed by atoms with Gasteiger partial charge >= 0.3 is 0 Å². The van der Waals surface area contributed by atoms with Crippen LogP contribution in [-0.2, 0) is 0 Å². The summed E-state index contributed by atoms with van der Waals surface area (Å²) in [5.74, 6) is -0.0840. The molecule has 0 unspecified atom stereocenters. The zero-order chi connectivity index (χ0) is 15.1. The van der Waals surface area contributed by atoms with Gasteiger partial charge in [0.1, 0.15) is 5.69 Å². The summed E-state index contributed by atoms with van der Waals surface area (Å²) < 4.78 is 0. The molecule has 21 heavy (non-hydrogen) atoms. The molecule has 0 fully saturated rings. The number of nitrogens with zero attached hydrogens (tertiary/aromatic N) is 4. The first-order valence-corrected chi connectivity index (χ1v) is 6.02. The molecule has 1 heterocycles. The third-order valence-electron chi connectivity index (χ3n) is 2.71. The number of nitriles is 2. The lowest BCUT2D eigenvalue weighted by Crippen LogP contribution is -1.94. The highest BCUT2D eigenvalue weighted by atomic mass is 16.3. The van der Waals surface area contributed by atoms with E-state index in [1.807, 2.05) is 12.1 Å². The summed E-state index contributed by atoms with van der Waals surface area (Å²) in [6, 6.07) is 10.6. The Morgan fingerprint density at radius 1 is 1.14 bits per heavy atom. The molecule has 0 amide bonds. The van der Waals surface area contributed by atoms with Crippen molar-refractivity contribution in [2.24, 2.45) is 0 Å². The zero-order valence-corrected chi connectivity index (χ0v) is 10.9. The summed E-state index contributed by atoms with van der Waals surface area (Å²) in [5, 5.41) is 27.8. The van der Waals surface area contributed by atoms with Gasteiger partial charge in [-0.3, -0.25) is 4.98 Å². The summed E-state index contributed by atoms with van der Waals surface area (Å²) in [6.45, 7) is 0. The van der Waals surface area contributed by atoms with Crippen molar-refractivity contribution in [1.29, 1.82) is 10.5 Å². The number of rotatable bonds is 3. The average Bonchev–Trinajstić information content (AvgIpc) is 2.56. The van der Waals surface area contributed by atoms with Crippen LogP contribution in [0.4, 0.5) is 0 Å². The second-order valence-electron chi connectivity index (χ2n) is 4.00. The Morgan fingerprint density at radius 3 is 2.48 bits per heavy atom. The summed E-state index contributed by atoms with van der Waals surface area (Å²) in [6.07, 6.45) is 7.16. The van der Waals surface area contributed by atoms with Crippen LogP contribution in [0.5, 0.6) is 0 Å². The van der Waals surface area contributed by atoms with E-state index in [0.29, 0.717) is 22.4 Å². The number of aliphatic hydroxyl groups is 1. The standard InChI is InChI=1S/C16H10N4O/c17-7-1-2-14(13-5-3-12(10-18)4-6-13)16(21)15-11-19-8-9-20-15/h1-6,8-9,11,21H/b2-1-,16-14-. The lowest BCUT2D eigenvalue weighted by Gasteiger charge is -2.07. The van der Waals surface area contributed by atoms with Crippen molar-refractivity contribution in [3.8, 4) is 12.1 Å². The molecule has 0 aliphatic heterocycles. The molecular weight excluding hydrogens is 264 g/mol. The fraction of sp³-hybridized carbons (Fsp3) is 0. The zero-order valence-electron chi connectivity index (χ0n) is 10.9. The third-order valence-corrected chi connectivity index (χ3v) is 2.71. The van der Waals surface area contributed by atoms with Gasteiger partial charge in [-0.05, 0) is 23.8 Å². The molecule has 0 aliphatic rings. The van der Waals surface area contributed by atoms with E-state index in [1.165, 1.54) is 30.7 Å². The van der Waals surface area contributed by atoms with E-state index in [1.54, 1.807) is 24.3 Å². The van der Waals surface area contributed by atoms with Gasteiger partial charge in [-0.2, -0.15) is 10.5 Å². The summed E-state index contributed by atoms with van der Waals surface area (Å²) in [4.78, 5) is 7.93. The monoisotopic (exact) mass is 274 g/mol. The number of hydrogen-bond acceptors (Lipinski definition) is 5. The molecule has 0 saturated carbocycles. The molecule has 5 nitrogen and oxygen atoms in total. The topological polar surface area (TPSA) is 93.6 Å². The Balaban J connectivity index is 2.55. The molecule has 0 spiro atoms. The van der Waals surface area contributed by atoms with Gasteiger partial charge in [-0.15, -0.1) is 0 Å². The van der Waals surface area contributed by atoms with Gasteiger partial charge < -0.3 is 5.11 Å². The molecule has 1 aromatic heterocycles. The maximum Gasteiger partial charge on any atom is 0.150 e. The van der Waals surface area contributed by atoms with Crippen molar-refractivity contribution >= 4 is 11.3 Å². The highest BCUT2D eigenvalue weighted by Crippen LogP contribution is 2.24. The Morgan fingerprint density at radius 2 is 1.90 bits per heavy atom. The normalized spacial score (nSPS) is 11.5. The molecule has 5 heteroatoms. The third kappa shape index (κ3) is 3.31. The number of benzene rings is 1. The molecule has 0 aliphatic carbocycles. The van der Waals surface area contributed by atoms with Crippen LogP contribution in [0.3, 0.4) is 0 Å². The van der Waals surface area contributed by atoms with Crippen LogP contribution in [-0.4, -0.2) is 15.1 Å². The Labute approximate surface area is 121 Å². The minimum absolute atomic E-state index is 0.0840. The van der Waals surface area contributed by atoms with Crippen LogP contribution in [0.1, 0.15) is 16.8 Å². The van der Waals surface area contributed by atoms with Crippen molar-refractivity contribution < 1.29 is 5.11 Å². The highest BCUT2D eigenvalue weighted by molar-refractivity contribution is 5.91. The van der Waals surface area contributed by atoms with Gasteiger partial charge in [0.05, 0.1) is 23.9 Å². The van der Waals surface area contributed by atoms with E-state index >= 15 is 0 Å². The second kappa shape index (κ2) is 6.65. The lowest BCUT2D eigenvalue weighted by atomic mass is 10.0. The van der Waals surface area contributed by atoms with Gasteiger partial charge in [0.15, 0.2) is 5.76 Å². The first-order chi connectivity index (χ1) is 10.3. The molecule has 1 N–H and O–H groups in total. The molecule has 100 valence electrons. The van der Waals surface area contributed by atoms with Crippen LogP contribution in [0.25, 0.3) is 11.3 Å². The van der Waals surface area contributed by atoms with Crippen molar-refractivity contribution in [3.05, 3.63) is 71.8 Å². The minimum Gasteiger partial charge on any atom is -0.505 e. The predicted octanol–water partition coefficient (Wildman–Crippen LogP) is 2.85. The van der Waals surface area contributed by atoms with E-state index in [-0.39, 0.29) is 5.76 Å². The van der Waals surface area contributed by atoms with Crippen LogP contribution < -0.4 is 0 Å². The van der Waals surface area contributed by atoms with Crippen LogP contribution >= 0.6 is 0 Å². The maximum atomic E-state index is 10.3. The molecule has 0 atom stereocenters. The van der Waals surface area contributed by atoms with E-state index in [0.717, 1.165) is 0 Å². The SMILES string of the molecule is N#C/C=C\C(=C(\O)c1cnccn1)c1ccc(C#N)cc1. The summed E-state index contributed by atoms with van der Waals surface area (Å²) in [7, 11) is 0. The lowest BCUT2D eigenvalue weighted by molar-refractivity contribution is 0.510. The molecule has 0 radical (unpaired) electrons. The van der Waals surface area contributed by atoms with E-state index in [2.05, 4.69) is 9.97 Å². The Kier molecular flexibility index (Phi) is 4.42. The van der Waals surface area contributed by atoms with Crippen LogP contribution in [0, 0.1) is 22.7 Å². The molecule has 2 rings (SSSR count). The molecule has 2 aromatic rings. The fourth-order valence-corrected chi connectivity index (χ4v) is 1.72. The van der Waals surface area contributed by atoms with E-state index in [9.17, 15) is 5.11 Å². The van der Waals surface area contributed by atoms with Gasteiger partial charge in [-0.1, -0.05) is 12.1 Å². The average molecular weight is 274 g/mol. The van der Waals surface area contributed by atoms with E-state index in [4.69, 9.17) is 10.5 Å². The number of aliphatic hydroxyl groups excluding tert-OH is 1. The smallest absolute Gasteiger partial charge is 0.150 e. The van der Waals surface area contributed by atoms with Gasteiger partial charge in [-0.25, -0.2) is 4.98 Å². The van der Waals surface area contributed by atoms with Gasteiger partial charge in [0, 0.05) is 24.0 Å². The van der Waals surface area contributed by atoms with Crippen LogP contribution in [0.15, 0.2) is 55.0 Å². The van der Waals surface area contributed by atoms with Crippen molar-refractivity contribution in [2.45, 2.75) is 0 Å². The predicted molar refractivity (Wildman–Crippen MR) is 77.4 cm³/mol. The fourth-order valence-electron chi connectivity index (χ4n) is 1.72. The number of aromatic nitrogens is 2. The second-order valence-corrected chi connectivity index (χ2v) is 4.00. The quantitative estimate of drug-likeness (QED) is 0.527. The van der Waals surface area contributed by atoms with Crippen molar-refractivity contribution in [1.82, 2.24) is 9.97 Å². The Hall–Kier alpha value is -3.44. The maximum absolute atomic E-state index is 10.3. The van der Waals surface area contributed by atoms with Crippen molar-refractivity contribution in [3.63, 3.8) is 0 Å². The van der Waals surface area contributed by atoms with Gasteiger partial charge in [0.2, 0.25) is 0 Å². The summed E-state index contributed by atoms with van der Waals surface area (Å²) >= 11 is 0. The summed E-state index contributed by atoms with van der Waals surface area (Å²) in [5.41, 5.74) is 1.92. The molecule has 0 bridgehead atoms. The molecular formula is C16H10N4O. The van der Waals surface area contributed by atoms with Crippen molar-refractivity contribution in [2.75, 3.05) is 0 Å². The first-order valence-electron chi connectivity index (χ1n) is 6.02. The molecule has 0 saturated heterocycles.